The van der Waals surface area contributed by atoms with Crippen LogP contribution >= 0.6 is 0 Å². The van der Waals surface area contributed by atoms with Gasteiger partial charge in [-0.05, 0) is 18.6 Å². The fourth-order valence-electron chi connectivity index (χ4n) is 3.40. The van der Waals surface area contributed by atoms with Crippen LogP contribution in [0.3, 0.4) is 0 Å². The first-order chi connectivity index (χ1) is 13.1. The maximum Gasteiger partial charge on any atom is 0.338 e. The summed E-state index contributed by atoms with van der Waals surface area (Å²) in [6.45, 7) is 5.00. The van der Waals surface area contributed by atoms with Crippen LogP contribution in [0, 0.1) is 5.92 Å². The molecule has 2 unspecified atom stereocenters. The SMILES string of the molecule is CC[C@H]1OCC(O)[C@H]1OCOC[C@H]1OCC(OC(=O)c2ccccc2)[C@H]1C. The molecule has 0 amide bonds. The zero-order valence-corrected chi connectivity index (χ0v) is 15.8. The van der Waals surface area contributed by atoms with Crippen LogP contribution in [-0.4, -0.2) is 68.2 Å². The number of carbonyl (C=O) groups is 1. The van der Waals surface area contributed by atoms with Crippen LogP contribution in [0.4, 0.5) is 0 Å². The average Bonchev–Trinajstić information content (AvgIpc) is 3.22. The average molecular weight is 380 g/mol. The molecule has 6 atom stereocenters. The smallest absolute Gasteiger partial charge is 0.338 e. The minimum Gasteiger partial charge on any atom is -0.456 e. The highest BCUT2D eigenvalue weighted by molar-refractivity contribution is 5.89. The maximum absolute atomic E-state index is 12.2. The highest BCUT2D eigenvalue weighted by Gasteiger charge is 2.38. The molecular formula is C20H28O7. The van der Waals surface area contributed by atoms with Gasteiger partial charge in [-0.2, -0.15) is 0 Å². The van der Waals surface area contributed by atoms with Gasteiger partial charge in [0.2, 0.25) is 0 Å². The Labute approximate surface area is 159 Å². The van der Waals surface area contributed by atoms with Crippen molar-refractivity contribution in [3.63, 3.8) is 0 Å². The van der Waals surface area contributed by atoms with Gasteiger partial charge in [0, 0.05) is 5.92 Å². The summed E-state index contributed by atoms with van der Waals surface area (Å²) in [6.07, 6.45) is -0.792. The van der Waals surface area contributed by atoms with Crippen LogP contribution in [0.5, 0.6) is 0 Å². The lowest BCUT2D eigenvalue weighted by Gasteiger charge is -2.21. The number of ether oxygens (including phenoxy) is 5. The predicted molar refractivity (Wildman–Crippen MR) is 96.3 cm³/mol. The standard InChI is InChI=1S/C20H28O7/c1-3-16-19(15(21)9-24-16)26-12-23-10-17-13(2)18(11-25-17)27-20(22)14-7-5-4-6-8-14/h4-8,13,15-19,21H,3,9-12H2,1-2H3/t13-,15?,16+,17+,18?,19+/m0/s1. The largest absolute Gasteiger partial charge is 0.456 e. The summed E-state index contributed by atoms with van der Waals surface area (Å²) >= 11 is 0. The summed E-state index contributed by atoms with van der Waals surface area (Å²) in [5.74, 6) is -0.330. The maximum atomic E-state index is 12.2. The Bertz CT molecular complexity index is 593. The monoisotopic (exact) mass is 380 g/mol. The van der Waals surface area contributed by atoms with E-state index in [0.29, 0.717) is 25.4 Å². The number of esters is 1. The van der Waals surface area contributed by atoms with Crippen molar-refractivity contribution in [2.24, 2.45) is 5.92 Å². The molecule has 3 rings (SSSR count). The van der Waals surface area contributed by atoms with Crippen molar-refractivity contribution in [3.8, 4) is 0 Å². The summed E-state index contributed by atoms with van der Waals surface area (Å²) in [7, 11) is 0. The van der Waals surface area contributed by atoms with Gasteiger partial charge in [0.15, 0.2) is 0 Å². The molecule has 0 spiro atoms. The van der Waals surface area contributed by atoms with Gasteiger partial charge in [-0.1, -0.05) is 32.0 Å². The number of aliphatic hydroxyl groups is 1. The number of carbonyl (C=O) groups excluding carboxylic acids is 1. The second-order valence-electron chi connectivity index (χ2n) is 7.01. The molecule has 7 nitrogen and oxygen atoms in total. The van der Waals surface area contributed by atoms with E-state index >= 15 is 0 Å². The Morgan fingerprint density at radius 2 is 1.93 bits per heavy atom. The Morgan fingerprint density at radius 3 is 2.67 bits per heavy atom. The van der Waals surface area contributed by atoms with Crippen molar-refractivity contribution in [3.05, 3.63) is 35.9 Å². The van der Waals surface area contributed by atoms with E-state index in [2.05, 4.69) is 0 Å². The van der Waals surface area contributed by atoms with Crippen molar-refractivity contribution in [1.82, 2.24) is 0 Å². The summed E-state index contributed by atoms with van der Waals surface area (Å²) < 4.78 is 27.9. The van der Waals surface area contributed by atoms with Crippen molar-refractivity contribution >= 4 is 5.97 Å². The van der Waals surface area contributed by atoms with Gasteiger partial charge in [0.05, 0.1) is 37.6 Å². The summed E-state index contributed by atoms with van der Waals surface area (Å²) in [4.78, 5) is 12.2. The molecule has 1 N–H and O–H groups in total. The Hall–Kier alpha value is -1.51. The van der Waals surface area contributed by atoms with E-state index in [0.717, 1.165) is 6.42 Å². The third kappa shape index (κ3) is 5.06. The Balaban J connectivity index is 1.39. The highest BCUT2D eigenvalue weighted by Crippen LogP contribution is 2.25. The number of aliphatic hydroxyl groups excluding tert-OH is 1. The number of hydrogen-bond donors (Lipinski definition) is 1. The molecule has 2 heterocycles. The number of benzene rings is 1. The highest BCUT2D eigenvalue weighted by atomic mass is 16.7. The van der Waals surface area contributed by atoms with E-state index in [9.17, 15) is 9.90 Å². The molecule has 1 aromatic rings. The zero-order valence-electron chi connectivity index (χ0n) is 15.8. The van der Waals surface area contributed by atoms with Gasteiger partial charge in [0.1, 0.15) is 25.1 Å². The second kappa shape index (κ2) is 9.61. The first-order valence-corrected chi connectivity index (χ1v) is 9.46. The molecular weight excluding hydrogens is 352 g/mol. The first-order valence-electron chi connectivity index (χ1n) is 9.46. The molecule has 0 bridgehead atoms. The van der Waals surface area contributed by atoms with Crippen molar-refractivity contribution in [2.45, 2.75) is 50.8 Å². The normalized spacial score (nSPS) is 33.3. The fourth-order valence-corrected chi connectivity index (χ4v) is 3.40. The van der Waals surface area contributed by atoms with E-state index in [1.807, 2.05) is 19.9 Å². The van der Waals surface area contributed by atoms with E-state index in [1.54, 1.807) is 24.3 Å². The fraction of sp³-hybridized carbons (Fsp3) is 0.650. The molecule has 0 aliphatic carbocycles. The zero-order chi connectivity index (χ0) is 19.2. The van der Waals surface area contributed by atoms with Gasteiger partial charge in [-0.15, -0.1) is 0 Å². The predicted octanol–water partition coefficient (Wildman–Crippen LogP) is 1.78. The summed E-state index contributed by atoms with van der Waals surface area (Å²) in [5, 5.41) is 9.88. The molecule has 7 heteroatoms. The quantitative estimate of drug-likeness (QED) is 0.418. The second-order valence-corrected chi connectivity index (χ2v) is 7.01. The van der Waals surface area contributed by atoms with Gasteiger partial charge in [-0.3, -0.25) is 0 Å². The van der Waals surface area contributed by atoms with Gasteiger partial charge >= 0.3 is 5.97 Å². The van der Waals surface area contributed by atoms with Crippen LogP contribution < -0.4 is 0 Å². The summed E-state index contributed by atoms with van der Waals surface area (Å²) in [5.41, 5.74) is 0.528. The first kappa shape index (κ1) is 20.2. The van der Waals surface area contributed by atoms with Crippen molar-refractivity contribution in [2.75, 3.05) is 26.6 Å². The molecule has 0 saturated carbocycles. The van der Waals surface area contributed by atoms with E-state index in [4.69, 9.17) is 23.7 Å². The van der Waals surface area contributed by atoms with Gasteiger partial charge in [-0.25, -0.2) is 4.79 Å². The molecule has 2 aliphatic rings. The molecule has 2 saturated heterocycles. The number of hydrogen-bond acceptors (Lipinski definition) is 7. The molecule has 150 valence electrons. The third-order valence-electron chi connectivity index (χ3n) is 5.17. The van der Waals surface area contributed by atoms with Crippen LogP contribution in [-0.2, 0) is 23.7 Å². The van der Waals surface area contributed by atoms with Crippen LogP contribution in [0.2, 0.25) is 0 Å². The van der Waals surface area contributed by atoms with E-state index < -0.39 is 6.10 Å². The molecule has 27 heavy (non-hydrogen) atoms. The topological polar surface area (TPSA) is 83.5 Å². The Morgan fingerprint density at radius 1 is 1.19 bits per heavy atom. The lowest BCUT2D eigenvalue weighted by Crippen LogP contribution is -2.34. The summed E-state index contributed by atoms with van der Waals surface area (Å²) in [6, 6.07) is 8.92. The van der Waals surface area contributed by atoms with Crippen LogP contribution in [0.25, 0.3) is 0 Å². The minimum absolute atomic E-state index is 0.0152. The lowest BCUT2D eigenvalue weighted by molar-refractivity contribution is -0.140. The Kier molecular flexibility index (Phi) is 7.20. The molecule has 0 radical (unpaired) electrons. The van der Waals surface area contributed by atoms with E-state index in [1.165, 1.54) is 0 Å². The van der Waals surface area contributed by atoms with Gasteiger partial charge in [0.25, 0.3) is 0 Å². The lowest BCUT2D eigenvalue weighted by atomic mass is 10.0. The van der Waals surface area contributed by atoms with Gasteiger partial charge < -0.3 is 28.8 Å². The van der Waals surface area contributed by atoms with E-state index in [-0.39, 0.29) is 43.1 Å². The molecule has 2 fully saturated rings. The van der Waals surface area contributed by atoms with Crippen LogP contribution in [0.1, 0.15) is 30.6 Å². The molecule has 2 aliphatic heterocycles. The number of rotatable bonds is 8. The van der Waals surface area contributed by atoms with Crippen molar-refractivity contribution in [1.29, 1.82) is 0 Å². The van der Waals surface area contributed by atoms with Crippen LogP contribution in [0.15, 0.2) is 30.3 Å². The minimum atomic E-state index is -0.623. The van der Waals surface area contributed by atoms with Crippen molar-refractivity contribution < 1.29 is 33.6 Å². The third-order valence-corrected chi connectivity index (χ3v) is 5.17. The molecule has 1 aromatic carbocycles. The molecule has 0 aromatic heterocycles.